The van der Waals surface area contributed by atoms with Gasteiger partial charge in [0.2, 0.25) is 9.84 Å². The van der Waals surface area contributed by atoms with Crippen molar-refractivity contribution in [3.8, 4) is 5.75 Å². The number of ether oxygens (including phenoxy) is 1. The first-order valence-corrected chi connectivity index (χ1v) is 9.53. The number of H-pyrrole nitrogens is 1. The lowest BCUT2D eigenvalue weighted by molar-refractivity contribution is -0.136. The number of benzene rings is 2. The number of aromatic nitrogens is 1. The molecule has 0 unspecified atom stereocenters. The molecule has 0 saturated heterocycles. The second-order valence-corrected chi connectivity index (χ2v) is 7.99. The van der Waals surface area contributed by atoms with Crippen LogP contribution >= 0.6 is 0 Å². The molecule has 0 radical (unpaired) electrons. The van der Waals surface area contributed by atoms with Crippen molar-refractivity contribution >= 4 is 26.7 Å². The van der Waals surface area contributed by atoms with E-state index in [-0.39, 0.29) is 16.2 Å². The molecular weight excluding hydrogens is 354 g/mol. The van der Waals surface area contributed by atoms with Crippen molar-refractivity contribution in [3.05, 3.63) is 53.7 Å². The molecule has 1 heterocycles. The van der Waals surface area contributed by atoms with Crippen LogP contribution in [-0.2, 0) is 21.1 Å². The number of hydrogen-bond acceptors (Lipinski definition) is 4. The van der Waals surface area contributed by atoms with Gasteiger partial charge in [-0.1, -0.05) is 6.07 Å². The van der Waals surface area contributed by atoms with E-state index in [1.807, 2.05) is 6.92 Å². The summed E-state index contributed by atoms with van der Waals surface area (Å²) in [5.41, 5.74) is 2.44. The van der Waals surface area contributed by atoms with E-state index in [2.05, 4.69) is 4.98 Å². The molecule has 0 atom stereocenters. The van der Waals surface area contributed by atoms with Crippen molar-refractivity contribution in [2.45, 2.75) is 29.6 Å². The zero-order valence-electron chi connectivity index (χ0n) is 14.4. The summed E-state index contributed by atoms with van der Waals surface area (Å²) in [5.74, 6) is -0.599. The maximum absolute atomic E-state index is 13.1. The molecule has 1 aromatic heterocycles. The van der Waals surface area contributed by atoms with Crippen molar-refractivity contribution in [2.75, 3.05) is 7.11 Å². The predicted octanol–water partition coefficient (Wildman–Crippen LogP) is 3.33. The second kappa shape index (κ2) is 6.84. The fourth-order valence-corrected chi connectivity index (χ4v) is 4.33. The molecule has 3 aromatic rings. The third-order valence-corrected chi connectivity index (χ3v) is 6.06. The van der Waals surface area contributed by atoms with Gasteiger partial charge in [-0.25, -0.2) is 8.42 Å². The van der Waals surface area contributed by atoms with Crippen LogP contribution in [0.15, 0.2) is 52.4 Å². The van der Waals surface area contributed by atoms with Gasteiger partial charge >= 0.3 is 5.97 Å². The summed E-state index contributed by atoms with van der Waals surface area (Å²) in [4.78, 5) is 14.1. The lowest BCUT2D eigenvalue weighted by Gasteiger charge is -2.11. The highest BCUT2D eigenvalue weighted by atomic mass is 32.2. The predicted molar refractivity (Wildman–Crippen MR) is 97.4 cm³/mol. The van der Waals surface area contributed by atoms with Gasteiger partial charge in [0.1, 0.15) is 10.6 Å². The molecule has 136 valence electrons. The van der Waals surface area contributed by atoms with Crippen LogP contribution in [0.5, 0.6) is 5.75 Å². The van der Waals surface area contributed by atoms with Crippen molar-refractivity contribution in [3.63, 3.8) is 0 Å². The fraction of sp³-hybridized carbons (Fsp3) is 0.211. The maximum Gasteiger partial charge on any atom is 0.303 e. The molecule has 2 aromatic carbocycles. The van der Waals surface area contributed by atoms with Crippen LogP contribution in [0.2, 0.25) is 0 Å². The Hall–Kier alpha value is -2.80. The van der Waals surface area contributed by atoms with Crippen LogP contribution in [-0.4, -0.2) is 31.6 Å². The quantitative estimate of drug-likeness (QED) is 0.691. The zero-order valence-corrected chi connectivity index (χ0v) is 15.3. The molecule has 3 rings (SSSR count). The van der Waals surface area contributed by atoms with Gasteiger partial charge < -0.3 is 14.8 Å². The molecule has 0 spiro atoms. The number of carbonyl (C=O) groups is 1. The number of sulfone groups is 1. The first-order chi connectivity index (χ1) is 12.3. The molecule has 0 aliphatic carbocycles. The van der Waals surface area contributed by atoms with Gasteiger partial charge in [0.15, 0.2) is 0 Å². The SMILES string of the molecule is COc1cc(C)ccc1S(=O)(=O)c1ccc2[nH]cc(CCC(=O)O)c2c1. The number of methoxy groups -OCH3 is 1. The number of aryl methyl sites for hydroxylation is 2. The molecule has 0 saturated carbocycles. The van der Waals surface area contributed by atoms with E-state index in [1.165, 1.54) is 19.2 Å². The number of carboxylic acids is 1. The summed E-state index contributed by atoms with van der Waals surface area (Å²) < 4.78 is 31.4. The number of aliphatic carboxylic acids is 1. The van der Waals surface area contributed by atoms with E-state index in [0.717, 1.165) is 16.6 Å². The van der Waals surface area contributed by atoms with Gasteiger partial charge in [0, 0.05) is 23.5 Å². The molecule has 0 fully saturated rings. The Morgan fingerprint density at radius 2 is 1.96 bits per heavy atom. The van der Waals surface area contributed by atoms with E-state index in [9.17, 15) is 13.2 Å². The van der Waals surface area contributed by atoms with Crippen LogP contribution in [0.25, 0.3) is 10.9 Å². The van der Waals surface area contributed by atoms with E-state index in [1.54, 1.807) is 30.5 Å². The molecule has 7 heteroatoms. The van der Waals surface area contributed by atoms with Crippen LogP contribution in [0.3, 0.4) is 0 Å². The van der Waals surface area contributed by atoms with Gasteiger partial charge in [-0.3, -0.25) is 4.79 Å². The minimum absolute atomic E-state index is 0.0181. The first kappa shape index (κ1) is 18.0. The monoisotopic (exact) mass is 373 g/mol. The van der Waals surface area contributed by atoms with Crippen molar-refractivity contribution in [1.82, 2.24) is 4.98 Å². The number of carboxylic acid groups (broad SMARTS) is 1. The van der Waals surface area contributed by atoms with Gasteiger partial charge in [0.25, 0.3) is 0 Å². The highest BCUT2D eigenvalue weighted by Gasteiger charge is 2.23. The van der Waals surface area contributed by atoms with Crippen LogP contribution in [0.1, 0.15) is 17.5 Å². The number of fused-ring (bicyclic) bond motifs is 1. The van der Waals surface area contributed by atoms with Crippen LogP contribution in [0, 0.1) is 6.92 Å². The van der Waals surface area contributed by atoms with Gasteiger partial charge in [-0.2, -0.15) is 0 Å². The summed E-state index contributed by atoms with van der Waals surface area (Å²) in [6.45, 7) is 1.86. The smallest absolute Gasteiger partial charge is 0.303 e. The first-order valence-electron chi connectivity index (χ1n) is 8.04. The number of rotatable bonds is 6. The highest BCUT2D eigenvalue weighted by Crippen LogP contribution is 2.32. The van der Waals surface area contributed by atoms with Gasteiger partial charge in [-0.05, 0) is 54.8 Å². The van der Waals surface area contributed by atoms with Gasteiger partial charge in [0.05, 0.1) is 12.0 Å². The minimum Gasteiger partial charge on any atom is -0.495 e. The zero-order chi connectivity index (χ0) is 18.9. The normalized spacial score (nSPS) is 11.6. The highest BCUT2D eigenvalue weighted by molar-refractivity contribution is 7.91. The third-order valence-electron chi connectivity index (χ3n) is 4.27. The number of nitrogens with one attached hydrogen (secondary N) is 1. The molecule has 0 aliphatic heterocycles. The molecular formula is C19H19NO5S. The van der Waals surface area contributed by atoms with Crippen LogP contribution in [0.4, 0.5) is 0 Å². The van der Waals surface area contributed by atoms with Crippen LogP contribution < -0.4 is 4.74 Å². The molecule has 0 aliphatic rings. The summed E-state index contributed by atoms with van der Waals surface area (Å²) >= 11 is 0. The summed E-state index contributed by atoms with van der Waals surface area (Å²) in [6.07, 6.45) is 2.03. The average molecular weight is 373 g/mol. The number of aromatic amines is 1. The summed E-state index contributed by atoms with van der Waals surface area (Å²) in [6, 6.07) is 9.75. The fourth-order valence-electron chi connectivity index (χ4n) is 2.90. The minimum atomic E-state index is -3.77. The van der Waals surface area contributed by atoms with Crippen molar-refractivity contribution in [1.29, 1.82) is 0 Å². The van der Waals surface area contributed by atoms with E-state index in [0.29, 0.717) is 17.6 Å². The summed E-state index contributed by atoms with van der Waals surface area (Å²) in [5, 5.41) is 9.58. The Morgan fingerprint density at radius 3 is 2.65 bits per heavy atom. The van der Waals surface area contributed by atoms with Crippen molar-refractivity contribution in [2.24, 2.45) is 0 Å². The lowest BCUT2D eigenvalue weighted by atomic mass is 10.1. The number of hydrogen-bond donors (Lipinski definition) is 2. The molecule has 26 heavy (non-hydrogen) atoms. The molecule has 2 N–H and O–H groups in total. The van der Waals surface area contributed by atoms with Crippen molar-refractivity contribution < 1.29 is 23.1 Å². The third kappa shape index (κ3) is 3.30. The Balaban J connectivity index is 2.09. The largest absolute Gasteiger partial charge is 0.495 e. The Labute approximate surface area is 151 Å². The Bertz CT molecular complexity index is 1080. The maximum atomic E-state index is 13.1. The second-order valence-electron chi connectivity index (χ2n) is 6.07. The standard InChI is InChI=1S/C19H19NO5S/c1-12-3-7-18(17(9-12)25-2)26(23,24)14-5-6-16-15(10-14)13(11-20-16)4-8-19(21)22/h3,5-7,9-11,20H,4,8H2,1-2H3,(H,21,22). The van der Waals surface area contributed by atoms with E-state index in [4.69, 9.17) is 9.84 Å². The van der Waals surface area contributed by atoms with Gasteiger partial charge in [-0.15, -0.1) is 0 Å². The molecule has 0 amide bonds. The summed E-state index contributed by atoms with van der Waals surface area (Å²) in [7, 11) is -2.33. The Kier molecular flexibility index (Phi) is 4.73. The molecule has 6 nitrogen and oxygen atoms in total. The topological polar surface area (TPSA) is 96.5 Å². The molecule has 0 bridgehead atoms. The van der Waals surface area contributed by atoms with E-state index >= 15 is 0 Å². The Morgan fingerprint density at radius 1 is 1.19 bits per heavy atom. The van der Waals surface area contributed by atoms with E-state index < -0.39 is 15.8 Å². The average Bonchev–Trinajstić information content (AvgIpc) is 3.01. The lowest BCUT2D eigenvalue weighted by Crippen LogP contribution is -2.05.